The fraction of sp³-hybridized carbons (Fsp3) is 0.200. The Bertz CT molecular complexity index is 569. The van der Waals surface area contributed by atoms with Gasteiger partial charge in [0, 0.05) is 25.0 Å². The average Bonchev–Trinajstić information content (AvgIpc) is 2.30. The molecule has 0 spiro atoms. The molecule has 16 heavy (non-hydrogen) atoms. The number of hydrogen-bond acceptors (Lipinski definition) is 4. The van der Waals surface area contributed by atoms with Gasteiger partial charge in [-0.3, -0.25) is 19.3 Å². The van der Waals surface area contributed by atoms with Crippen molar-refractivity contribution in [2.45, 2.75) is 13.5 Å². The first-order valence-electron chi connectivity index (χ1n) is 4.83. The van der Waals surface area contributed by atoms with Crippen LogP contribution in [0.5, 0.6) is 0 Å². The minimum atomic E-state index is -0.435. The first-order chi connectivity index (χ1) is 7.72. The maximum Gasteiger partial charge on any atom is 0.328 e. The van der Waals surface area contributed by atoms with E-state index in [1.165, 1.54) is 24.7 Å². The van der Waals surface area contributed by atoms with Crippen LogP contribution in [0.15, 0.2) is 34.2 Å². The SMILES string of the molecule is CCn1c(=O)cc(-c2cnccn2)[nH]c1=O. The van der Waals surface area contributed by atoms with Crippen molar-refractivity contribution in [1.82, 2.24) is 19.5 Å². The number of nitrogens with one attached hydrogen (secondary N) is 1. The molecule has 82 valence electrons. The van der Waals surface area contributed by atoms with Crippen molar-refractivity contribution < 1.29 is 0 Å². The summed E-state index contributed by atoms with van der Waals surface area (Å²) in [4.78, 5) is 33.5. The van der Waals surface area contributed by atoms with Crippen LogP contribution in [0.4, 0.5) is 0 Å². The van der Waals surface area contributed by atoms with Crippen molar-refractivity contribution in [2.75, 3.05) is 0 Å². The highest BCUT2D eigenvalue weighted by Crippen LogP contribution is 2.06. The van der Waals surface area contributed by atoms with Crippen molar-refractivity contribution in [3.05, 3.63) is 45.5 Å². The molecular weight excluding hydrogens is 208 g/mol. The monoisotopic (exact) mass is 218 g/mol. The van der Waals surface area contributed by atoms with Crippen molar-refractivity contribution in [3.8, 4) is 11.4 Å². The summed E-state index contributed by atoms with van der Waals surface area (Å²) < 4.78 is 1.11. The number of H-pyrrole nitrogens is 1. The molecule has 0 unspecified atom stereocenters. The lowest BCUT2D eigenvalue weighted by atomic mass is 10.3. The number of aromatic amines is 1. The maximum absolute atomic E-state index is 11.6. The van der Waals surface area contributed by atoms with Gasteiger partial charge in [0.15, 0.2) is 0 Å². The third-order valence-corrected chi connectivity index (χ3v) is 2.18. The van der Waals surface area contributed by atoms with E-state index in [1.807, 2.05) is 0 Å². The molecular formula is C10H10N4O2. The highest BCUT2D eigenvalue weighted by molar-refractivity contribution is 5.50. The first-order valence-corrected chi connectivity index (χ1v) is 4.83. The Morgan fingerprint density at radius 3 is 2.75 bits per heavy atom. The fourth-order valence-corrected chi connectivity index (χ4v) is 1.40. The second kappa shape index (κ2) is 4.09. The predicted molar refractivity (Wildman–Crippen MR) is 58.0 cm³/mol. The number of aromatic nitrogens is 4. The molecule has 0 aliphatic carbocycles. The van der Waals surface area contributed by atoms with Crippen molar-refractivity contribution in [3.63, 3.8) is 0 Å². The molecule has 0 saturated carbocycles. The Morgan fingerprint density at radius 2 is 2.19 bits per heavy atom. The molecule has 0 aliphatic heterocycles. The van der Waals surface area contributed by atoms with Crippen LogP contribution in [-0.4, -0.2) is 19.5 Å². The van der Waals surface area contributed by atoms with Gasteiger partial charge in [0.1, 0.15) is 5.69 Å². The third kappa shape index (κ3) is 1.77. The Kier molecular flexibility index (Phi) is 2.63. The Hall–Kier alpha value is -2.24. The van der Waals surface area contributed by atoms with Gasteiger partial charge in [-0.25, -0.2) is 4.79 Å². The maximum atomic E-state index is 11.6. The van der Waals surface area contributed by atoms with Gasteiger partial charge in [0.25, 0.3) is 5.56 Å². The zero-order valence-corrected chi connectivity index (χ0v) is 8.67. The molecule has 1 N–H and O–H groups in total. The molecule has 6 heteroatoms. The zero-order valence-electron chi connectivity index (χ0n) is 8.67. The molecule has 0 amide bonds. The van der Waals surface area contributed by atoms with E-state index in [-0.39, 0.29) is 5.56 Å². The highest BCUT2D eigenvalue weighted by atomic mass is 16.2. The molecule has 0 saturated heterocycles. The van der Waals surface area contributed by atoms with Gasteiger partial charge in [-0.1, -0.05) is 0 Å². The standard InChI is InChI=1S/C10H10N4O2/c1-2-14-9(15)5-7(13-10(14)16)8-6-11-3-4-12-8/h3-6H,2H2,1H3,(H,13,16). The summed E-state index contributed by atoms with van der Waals surface area (Å²) in [6.07, 6.45) is 4.51. The Labute approximate surface area is 90.6 Å². The molecule has 0 radical (unpaired) electrons. The van der Waals surface area contributed by atoms with Crippen LogP contribution in [-0.2, 0) is 6.54 Å². The molecule has 0 aromatic carbocycles. The number of rotatable bonds is 2. The average molecular weight is 218 g/mol. The largest absolute Gasteiger partial charge is 0.328 e. The lowest BCUT2D eigenvalue weighted by Gasteiger charge is -2.02. The van der Waals surface area contributed by atoms with Crippen LogP contribution < -0.4 is 11.2 Å². The second-order valence-corrected chi connectivity index (χ2v) is 3.16. The van der Waals surface area contributed by atoms with E-state index in [9.17, 15) is 9.59 Å². The van der Waals surface area contributed by atoms with Crippen LogP contribution in [0.25, 0.3) is 11.4 Å². The molecule has 2 rings (SSSR count). The lowest BCUT2D eigenvalue weighted by Crippen LogP contribution is -2.34. The van der Waals surface area contributed by atoms with E-state index in [0.717, 1.165) is 4.57 Å². The normalized spacial score (nSPS) is 10.3. The minimum Gasteiger partial charge on any atom is -0.305 e. The summed E-state index contributed by atoms with van der Waals surface area (Å²) in [7, 11) is 0. The van der Waals surface area contributed by atoms with Gasteiger partial charge in [-0.15, -0.1) is 0 Å². The minimum absolute atomic E-state index is 0.341. The van der Waals surface area contributed by atoms with Gasteiger partial charge in [0.05, 0.1) is 11.9 Å². The smallest absolute Gasteiger partial charge is 0.305 e. The van der Waals surface area contributed by atoms with Gasteiger partial charge >= 0.3 is 5.69 Å². The third-order valence-electron chi connectivity index (χ3n) is 2.18. The van der Waals surface area contributed by atoms with Gasteiger partial charge < -0.3 is 4.98 Å². The fourth-order valence-electron chi connectivity index (χ4n) is 1.40. The van der Waals surface area contributed by atoms with Crippen LogP contribution in [0.3, 0.4) is 0 Å². The molecule has 6 nitrogen and oxygen atoms in total. The first kappa shape index (κ1) is 10.3. The second-order valence-electron chi connectivity index (χ2n) is 3.16. The van der Waals surface area contributed by atoms with E-state index in [1.54, 1.807) is 6.92 Å². The molecule has 2 aromatic heterocycles. The number of hydrogen-bond donors (Lipinski definition) is 1. The van der Waals surface area contributed by atoms with Gasteiger partial charge in [0.2, 0.25) is 0 Å². The lowest BCUT2D eigenvalue weighted by molar-refractivity contribution is 0.674. The molecule has 0 atom stereocenters. The summed E-state index contributed by atoms with van der Waals surface area (Å²) in [6, 6.07) is 1.34. The van der Waals surface area contributed by atoms with Gasteiger partial charge in [-0.05, 0) is 6.92 Å². The highest BCUT2D eigenvalue weighted by Gasteiger charge is 2.05. The zero-order chi connectivity index (χ0) is 11.5. The molecule has 2 aromatic rings. The summed E-state index contributed by atoms with van der Waals surface area (Å²) in [5.41, 5.74) is 0.0790. The summed E-state index contributed by atoms with van der Waals surface area (Å²) >= 11 is 0. The Morgan fingerprint density at radius 1 is 1.38 bits per heavy atom. The molecule has 0 aliphatic rings. The van der Waals surface area contributed by atoms with Crippen LogP contribution >= 0.6 is 0 Å². The van der Waals surface area contributed by atoms with Crippen LogP contribution in [0.2, 0.25) is 0 Å². The summed E-state index contributed by atoms with van der Waals surface area (Å²) in [5.74, 6) is 0. The van der Waals surface area contributed by atoms with Crippen molar-refractivity contribution in [2.24, 2.45) is 0 Å². The molecule has 2 heterocycles. The predicted octanol–water partition coefficient (Wildman–Crippen LogP) is 0.0135. The van der Waals surface area contributed by atoms with Crippen LogP contribution in [0, 0.1) is 0 Å². The van der Waals surface area contributed by atoms with E-state index in [4.69, 9.17) is 0 Å². The summed E-state index contributed by atoms with van der Waals surface area (Å²) in [5, 5.41) is 0. The van der Waals surface area contributed by atoms with E-state index < -0.39 is 5.69 Å². The van der Waals surface area contributed by atoms with E-state index >= 15 is 0 Å². The Balaban J connectivity index is 2.62. The summed E-state index contributed by atoms with van der Waals surface area (Å²) in [6.45, 7) is 2.08. The van der Waals surface area contributed by atoms with Crippen molar-refractivity contribution >= 4 is 0 Å². The topological polar surface area (TPSA) is 80.6 Å². The van der Waals surface area contributed by atoms with Gasteiger partial charge in [-0.2, -0.15) is 0 Å². The van der Waals surface area contributed by atoms with Crippen molar-refractivity contribution in [1.29, 1.82) is 0 Å². The van der Waals surface area contributed by atoms with E-state index in [0.29, 0.717) is 17.9 Å². The number of nitrogens with zero attached hydrogens (tertiary/aromatic N) is 3. The van der Waals surface area contributed by atoms with Crippen LogP contribution in [0.1, 0.15) is 6.92 Å². The molecule has 0 bridgehead atoms. The quantitative estimate of drug-likeness (QED) is 0.770. The van der Waals surface area contributed by atoms with E-state index in [2.05, 4.69) is 15.0 Å². The molecule has 0 fully saturated rings.